The molecule has 1 heterocycles. The van der Waals surface area contributed by atoms with Crippen LogP contribution in [-0.2, 0) is 4.79 Å². The minimum absolute atomic E-state index is 0.295. The highest BCUT2D eigenvalue weighted by Gasteiger charge is 2.44. The van der Waals surface area contributed by atoms with Crippen LogP contribution in [0, 0.1) is 5.82 Å². The lowest BCUT2D eigenvalue weighted by Gasteiger charge is -2.19. The van der Waals surface area contributed by atoms with Gasteiger partial charge in [0.15, 0.2) is 5.78 Å². The summed E-state index contributed by atoms with van der Waals surface area (Å²) in [6.45, 7) is 1.18. The number of anilines is 1. The molecule has 2 aromatic rings. The van der Waals surface area contributed by atoms with E-state index >= 15 is 0 Å². The third kappa shape index (κ3) is 3.03. The number of urea groups is 1. The van der Waals surface area contributed by atoms with Gasteiger partial charge in [0.2, 0.25) is 0 Å². The summed E-state index contributed by atoms with van der Waals surface area (Å²) in [6, 6.07) is 10.5. The molecule has 0 bridgehead atoms. The van der Waals surface area contributed by atoms with Crippen molar-refractivity contribution in [2.75, 3.05) is 18.6 Å². The second-order valence-corrected chi connectivity index (χ2v) is 5.85. The molecule has 1 aliphatic heterocycles. The Hall–Kier alpha value is -3.22. The summed E-state index contributed by atoms with van der Waals surface area (Å²) in [6.07, 6.45) is 0. The Labute approximate surface area is 149 Å². The van der Waals surface area contributed by atoms with Gasteiger partial charge in [-0.15, -0.1) is 0 Å². The van der Waals surface area contributed by atoms with Crippen LogP contribution in [0.1, 0.15) is 17.3 Å². The molecule has 7 heteroatoms. The minimum Gasteiger partial charge on any atom is -0.496 e. The second kappa shape index (κ2) is 6.95. The van der Waals surface area contributed by atoms with Crippen molar-refractivity contribution in [3.63, 3.8) is 0 Å². The Kier molecular flexibility index (Phi) is 4.71. The molecule has 3 rings (SSSR count). The molecule has 0 N–H and O–H groups in total. The first kappa shape index (κ1) is 17.6. The Morgan fingerprint density at radius 2 is 1.77 bits per heavy atom. The van der Waals surface area contributed by atoms with E-state index in [-0.39, 0.29) is 6.54 Å². The summed E-state index contributed by atoms with van der Waals surface area (Å²) in [7, 11) is 1.44. The van der Waals surface area contributed by atoms with Crippen molar-refractivity contribution >= 4 is 23.4 Å². The lowest BCUT2D eigenvalue weighted by atomic mass is 10.1. The van der Waals surface area contributed by atoms with Gasteiger partial charge in [-0.3, -0.25) is 19.4 Å². The SMILES string of the molecule is COc1ccccc1C(=O)CN1C(=O)C(C)N(c2ccc(F)cc2)C1=O. The predicted octanol–water partition coefficient (Wildman–Crippen LogP) is 2.87. The van der Waals surface area contributed by atoms with E-state index in [1.807, 2.05) is 0 Å². The number of nitrogens with zero attached hydrogens (tertiary/aromatic N) is 2. The smallest absolute Gasteiger partial charge is 0.332 e. The fourth-order valence-corrected chi connectivity index (χ4v) is 2.91. The first-order valence-electron chi connectivity index (χ1n) is 8.00. The van der Waals surface area contributed by atoms with Gasteiger partial charge in [0.05, 0.1) is 19.2 Å². The van der Waals surface area contributed by atoms with Crippen LogP contribution in [-0.4, -0.2) is 42.3 Å². The van der Waals surface area contributed by atoms with Crippen LogP contribution in [0.25, 0.3) is 0 Å². The zero-order valence-electron chi connectivity index (χ0n) is 14.3. The van der Waals surface area contributed by atoms with Gasteiger partial charge in [-0.05, 0) is 43.3 Å². The number of methoxy groups -OCH3 is 1. The summed E-state index contributed by atoms with van der Waals surface area (Å²) in [5.74, 6) is -0.956. The molecule has 134 valence electrons. The summed E-state index contributed by atoms with van der Waals surface area (Å²) in [5, 5.41) is 0. The number of hydrogen-bond donors (Lipinski definition) is 0. The first-order chi connectivity index (χ1) is 12.4. The topological polar surface area (TPSA) is 66.9 Å². The highest BCUT2D eigenvalue weighted by molar-refractivity contribution is 6.16. The molecule has 6 nitrogen and oxygen atoms in total. The Morgan fingerprint density at radius 3 is 2.42 bits per heavy atom. The van der Waals surface area contributed by atoms with Gasteiger partial charge in [0.1, 0.15) is 17.6 Å². The minimum atomic E-state index is -0.779. The number of imide groups is 1. The number of halogens is 1. The third-order valence-electron chi connectivity index (χ3n) is 4.26. The maximum Gasteiger partial charge on any atom is 0.332 e. The van der Waals surface area contributed by atoms with Crippen molar-refractivity contribution in [2.45, 2.75) is 13.0 Å². The number of rotatable bonds is 5. The second-order valence-electron chi connectivity index (χ2n) is 5.85. The van der Waals surface area contributed by atoms with Crippen LogP contribution in [0.3, 0.4) is 0 Å². The number of hydrogen-bond acceptors (Lipinski definition) is 4. The fourth-order valence-electron chi connectivity index (χ4n) is 2.91. The van der Waals surface area contributed by atoms with Crippen LogP contribution in [0.15, 0.2) is 48.5 Å². The standard InChI is InChI=1S/C19H17FN2O4/c1-12-18(24)21(11-16(23)15-5-3-4-6-17(15)26-2)19(25)22(12)14-9-7-13(20)8-10-14/h3-10,12H,11H2,1-2H3. The zero-order valence-corrected chi connectivity index (χ0v) is 14.3. The van der Waals surface area contributed by atoms with E-state index in [0.29, 0.717) is 17.0 Å². The van der Waals surface area contributed by atoms with Crippen LogP contribution >= 0.6 is 0 Å². The Balaban J connectivity index is 1.84. The molecule has 0 spiro atoms. The lowest BCUT2D eigenvalue weighted by Crippen LogP contribution is -2.37. The number of ketones is 1. The first-order valence-corrected chi connectivity index (χ1v) is 8.00. The van der Waals surface area contributed by atoms with E-state index in [0.717, 1.165) is 4.90 Å². The molecular weight excluding hydrogens is 339 g/mol. The lowest BCUT2D eigenvalue weighted by molar-refractivity contribution is -0.126. The summed E-state index contributed by atoms with van der Waals surface area (Å²) in [4.78, 5) is 39.9. The van der Waals surface area contributed by atoms with Gasteiger partial charge in [-0.2, -0.15) is 0 Å². The zero-order chi connectivity index (χ0) is 18.8. The van der Waals surface area contributed by atoms with Crippen LogP contribution < -0.4 is 9.64 Å². The number of para-hydroxylation sites is 1. The number of Topliss-reactive ketones (excluding diaryl/α,β-unsaturated/α-hetero) is 1. The van der Waals surface area contributed by atoms with E-state index in [1.54, 1.807) is 31.2 Å². The fraction of sp³-hybridized carbons (Fsp3) is 0.211. The van der Waals surface area contributed by atoms with Crippen molar-refractivity contribution in [2.24, 2.45) is 0 Å². The van der Waals surface area contributed by atoms with Gasteiger partial charge in [0.25, 0.3) is 5.91 Å². The molecule has 1 unspecified atom stereocenters. The van der Waals surface area contributed by atoms with Crippen molar-refractivity contribution in [1.29, 1.82) is 0 Å². The number of ether oxygens (including phenoxy) is 1. The van der Waals surface area contributed by atoms with E-state index in [1.165, 1.54) is 36.3 Å². The van der Waals surface area contributed by atoms with Crippen LogP contribution in [0.2, 0.25) is 0 Å². The molecule has 1 saturated heterocycles. The Morgan fingerprint density at radius 1 is 1.12 bits per heavy atom. The number of benzene rings is 2. The largest absolute Gasteiger partial charge is 0.496 e. The summed E-state index contributed by atoms with van der Waals surface area (Å²) in [5.41, 5.74) is 0.688. The van der Waals surface area contributed by atoms with Gasteiger partial charge >= 0.3 is 6.03 Å². The predicted molar refractivity (Wildman–Crippen MR) is 92.8 cm³/mol. The van der Waals surface area contributed by atoms with E-state index in [4.69, 9.17) is 4.74 Å². The van der Waals surface area contributed by atoms with Crippen LogP contribution in [0.4, 0.5) is 14.9 Å². The molecule has 26 heavy (non-hydrogen) atoms. The Bertz CT molecular complexity index is 866. The maximum absolute atomic E-state index is 13.1. The molecule has 0 aromatic heterocycles. The molecule has 2 aromatic carbocycles. The van der Waals surface area contributed by atoms with E-state index in [9.17, 15) is 18.8 Å². The average Bonchev–Trinajstić information content (AvgIpc) is 2.86. The quantitative estimate of drug-likeness (QED) is 0.610. The maximum atomic E-state index is 13.1. The van der Waals surface area contributed by atoms with Crippen molar-refractivity contribution in [1.82, 2.24) is 4.90 Å². The number of amides is 3. The summed E-state index contributed by atoms with van der Waals surface area (Å²) >= 11 is 0. The average molecular weight is 356 g/mol. The molecule has 1 fully saturated rings. The van der Waals surface area contributed by atoms with Crippen molar-refractivity contribution < 1.29 is 23.5 Å². The normalized spacial score (nSPS) is 17.0. The molecule has 0 aliphatic carbocycles. The number of carbonyl (C=O) groups is 3. The number of carbonyl (C=O) groups excluding carboxylic acids is 3. The highest BCUT2D eigenvalue weighted by Crippen LogP contribution is 2.27. The molecule has 0 saturated carbocycles. The van der Waals surface area contributed by atoms with Gasteiger partial charge in [-0.1, -0.05) is 12.1 Å². The molecule has 1 atom stereocenters. The third-order valence-corrected chi connectivity index (χ3v) is 4.26. The van der Waals surface area contributed by atoms with E-state index in [2.05, 4.69) is 0 Å². The molecule has 1 aliphatic rings. The highest BCUT2D eigenvalue weighted by atomic mass is 19.1. The van der Waals surface area contributed by atoms with Crippen molar-refractivity contribution in [3.05, 3.63) is 59.9 Å². The monoisotopic (exact) mass is 356 g/mol. The molecule has 0 radical (unpaired) electrons. The van der Waals surface area contributed by atoms with Crippen molar-refractivity contribution in [3.8, 4) is 5.75 Å². The van der Waals surface area contributed by atoms with Crippen LogP contribution in [0.5, 0.6) is 5.75 Å². The molecular formula is C19H17FN2O4. The molecule has 3 amide bonds. The van der Waals surface area contributed by atoms with Gasteiger partial charge in [0, 0.05) is 5.69 Å². The summed E-state index contributed by atoms with van der Waals surface area (Å²) < 4.78 is 18.3. The van der Waals surface area contributed by atoms with Gasteiger partial charge in [-0.25, -0.2) is 9.18 Å². The van der Waals surface area contributed by atoms with E-state index < -0.39 is 29.6 Å². The van der Waals surface area contributed by atoms with Gasteiger partial charge < -0.3 is 4.74 Å².